The standard InChI is InChI=1S/C26H32N2O3S/c29-23(24-11-6-16-32-24)14-15-25(30)27-17-22(19-8-2-1-3-9-19)28-26(31)21-13-12-18-7-4-5-10-20(18)21/h4-7,10-11,16,19,21-22H,1-3,8-9,12-15,17H2,(H,27,30)(H,28,31). The van der Waals surface area contributed by atoms with Gasteiger partial charge in [-0.25, -0.2) is 0 Å². The van der Waals surface area contributed by atoms with Gasteiger partial charge >= 0.3 is 0 Å². The average Bonchev–Trinajstić information content (AvgIpc) is 3.51. The van der Waals surface area contributed by atoms with Gasteiger partial charge < -0.3 is 10.6 Å². The number of thiophene rings is 1. The molecule has 0 saturated heterocycles. The van der Waals surface area contributed by atoms with Crippen molar-refractivity contribution in [1.82, 2.24) is 10.6 Å². The second kappa shape index (κ2) is 10.9. The molecule has 0 radical (unpaired) electrons. The van der Waals surface area contributed by atoms with Crippen molar-refractivity contribution in [2.24, 2.45) is 5.92 Å². The highest BCUT2D eigenvalue weighted by atomic mass is 32.1. The maximum Gasteiger partial charge on any atom is 0.227 e. The summed E-state index contributed by atoms with van der Waals surface area (Å²) in [5.74, 6) is 0.241. The number of benzene rings is 1. The van der Waals surface area contributed by atoms with E-state index in [4.69, 9.17) is 0 Å². The van der Waals surface area contributed by atoms with Gasteiger partial charge in [0.15, 0.2) is 5.78 Å². The van der Waals surface area contributed by atoms with E-state index in [1.807, 2.05) is 23.6 Å². The van der Waals surface area contributed by atoms with Crippen LogP contribution in [0, 0.1) is 5.92 Å². The molecule has 1 fully saturated rings. The minimum absolute atomic E-state index is 0.00665. The highest BCUT2D eigenvalue weighted by molar-refractivity contribution is 7.12. The molecular weight excluding hydrogens is 420 g/mol. The van der Waals surface area contributed by atoms with Crippen molar-refractivity contribution in [3.8, 4) is 0 Å². The van der Waals surface area contributed by atoms with E-state index >= 15 is 0 Å². The van der Waals surface area contributed by atoms with Crippen LogP contribution in [0.25, 0.3) is 0 Å². The second-order valence-corrected chi connectivity index (χ2v) is 9.96. The first-order valence-corrected chi connectivity index (χ1v) is 12.7. The molecule has 2 atom stereocenters. The van der Waals surface area contributed by atoms with Crippen molar-refractivity contribution in [3.05, 3.63) is 57.8 Å². The number of amides is 2. The minimum Gasteiger partial charge on any atom is -0.354 e. The molecule has 2 amide bonds. The van der Waals surface area contributed by atoms with Crippen LogP contribution < -0.4 is 10.6 Å². The van der Waals surface area contributed by atoms with Crippen LogP contribution in [0.5, 0.6) is 0 Å². The van der Waals surface area contributed by atoms with Crippen molar-refractivity contribution in [1.29, 1.82) is 0 Å². The van der Waals surface area contributed by atoms with Gasteiger partial charge in [-0.15, -0.1) is 11.3 Å². The van der Waals surface area contributed by atoms with E-state index in [1.54, 1.807) is 6.07 Å². The van der Waals surface area contributed by atoms with E-state index in [0.717, 1.165) is 31.2 Å². The Morgan fingerprint density at radius 2 is 1.78 bits per heavy atom. The molecular formula is C26H32N2O3S. The average molecular weight is 453 g/mol. The van der Waals surface area contributed by atoms with Gasteiger partial charge in [-0.2, -0.15) is 0 Å². The van der Waals surface area contributed by atoms with Crippen molar-refractivity contribution in [3.63, 3.8) is 0 Å². The molecule has 2 unspecified atom stereocenters. The van der Waals surface area contributed by atoms with Gasteiger partial charge in [0.25, 0.3) is 0 Å². The lowest BCUT2D eigenvalue weighted by molar-refractivity contribution is -0.125. The van der Waals surface area contributed by atoms with Crippen molar-refractivity contribution in [2.75, 3.05) is 6.54 Å². The molecule has 2 aromatic rings. The molecule has 0 aliphatic heterocycles. The van der Waals surface area contributed by atoms with Gasteiger partial charge in [-0.3, -0.25) is 14.4 Å². The minimum atomic E-state index is -0.129. The fraction of sp³-hybridized carbons (Fsp3) is 0.500. The topological polar surface area (TPSA) is 75.3 Å². The van der Waals surface area contributed by atoms with Gasteiger partial charge in [-0.05, 0) is 54.2 Å². The molecule has 5 nitrogen and oxygen atoms in total. The highest BCUT2D eigenvalue weighted by Crippen LogP contribution is 2.34. The van der Waals surface area contributed by atoms with E-state index in [2.05, 4.69) is 22.8 Å². The number of nitrogens with one attached hydrogen (secondary N) is 2. The smallest absolute Gasteiger partial charge is 0.227 e. The number of carbonyl (C=O) groups excluding carboxylic acids is 3. The summed E-state index contributed by atoms with van der Waals surface area (Å²) in [4.78, 5) is 38.5. The van der Waals surface area contributed by atoms with Gasteiger partial charge in [0.1, 0.15) is 0 Å². The van der Waals surface area contributed by atoms with E-state index in [1.165, 1.54) is 36.2 Å². The summed E-state index contributed by atoms with van der Waals surface area (Å²) in [5.41, 5.74) is 2.41. The molecule has 170 valence electrons. The molecule has 0 bridgehead atoms. The number of hydrogen-bond donors (Lipinski definition) is 2. The zero-order chi connectivity index (χ0) is 22.3. The van der Waals surface area contributed by atoms with Crippen LogP contribution >= 0.6 is 11.3 Å². The lowest BCUT2D eigenvalue weighted by Gasteiger charge is -2.32. The first-order chi connectivity index (χ1) is 15.6. The molecule has 1 saturated carbocycles. The van der Waals surface area contributed by atoms with Crippen LogP contribution in [-0.4, -0.2) is 30.2 Å². The molecule has 1 aromatic heterocycles. The van der Waals surface area contributed by atoms with Crippen LogP contribution in [-0.2, 0) is 16.0 Å². The Morgan fingerprint density at radius 3 is 2.56 bits per heavy atom. The summed E-state index contributed by atoms with van der Waals surface area (Å²) in [7, 11) is 0. The van der Waals surface area contributed by atoms with E-state index in [0.29, 0.717) is 17.3 Å². The molecule has 1 aromatic carbocycles. The number of ketones is 1. The SMILES string of the molecule is O=C(CCC(=O)c1cccs1)NCC(NC(=O)C1CCc2ccccc21)C1CCCCC1. The summed E-state index contributed by atoms with van der Waals surface area (Å²) in [6, 6.07) is 11.8. The molecule has 2 aliphatic carbocycles. The first-order valence-electron chi connectivity index (χ1n) is 11.8. The van der Waals surface area contributed by atoms with E-state index < -0.39 is 0 Å². The van der Waals surface area contributed by atoms with Crippen LogP contribution in [0.4, 0.5) is 0 Å². The number of fused-ring (bicyclic) bond motifs is 1. The molecule has 0 spiro atoms. The molecule has 4 rings (SSSR count). The summed E-state index contributed by atoms with van der Waals surface area (Å²) in [6.45, 7) is 0.427. The zero-order valence-corrected chi connectivity index (χ0v) is 19.3. The lowest BCUT2D eigenvalue weighted by Crippen LogP contribution is -2.49. The summed E-state index contributed by atoms with van der Waals surface area (Å²) < 4.78 is 0. The monoisotopic (exact) mass is 452 g/mol. The molecule has 6 heteroatoms. The Kier molecular flexibility index (Phi) is 7.74. The molecule has 2 N–H and O–H groups in total. The maximum absolute atomic E-state index is 13.2. The normalized spacial score (nSPS) is 19.2. The third-order valence-electron chi connectivity index (χ3n) is 6.89. The predicted octanol–water partition coefficient (Wildman–Crippen LogP) is 4.62. The Morgan fingerprint density at radius 1 is 0.969 bits per heavy atom. The predicted molar refractivity (Wildman–Crippen MR) is 127 cm³/mol. The number of carbonyl (C=O) groups is 3. The Bertz CT molecular complexity index is 934. The molecule has 32 heavy (non-hydrogen) atoms. The zero-order valence-electron chi connectivity index (χ0n) is 18.5. The van der Waals surface area contributed by atoms with Crippen molar-refractivity contribution in [2.45, 2.75) is 69.7 Å². The number of rotatable bonds is 9. The fourth-order valence-corrected chi connectivity index (χ4v) is 5.78. The lowest BCUT2D eigenvalue weighted by atomic mass is 9.83. The summed E-state index contributed by atoms with van der Waals surface area (Å²) in [6.07, 6.45) is 7.93. The highest BCUT2D eigenvalue weighted by Gasteiger charge is 2.32. The van der Waals surface area contributed by atoms with Crippen LogP contribution in [0.3, 0.4) is 0 Å². The van der Waals surface area contributed by atoms with E-state index in [-0.39, 0.29) is 42.4 Å². The fourth-order valence-electron chi connectivity index (χ4n) is 5.08. The van der Waals surface area contributed by atoms with Crippen LogP contribution in [0.2, 0.25) is 0 Å². The van der Waals surface area contributed by atoms with Gasteiger partial charge in [0.05, 0.1) is 10.8 Å². The first kappa shape index (κ1) is 22.7. The summed E-state index contributed by atoms with van der Waals surface area (Å²) >= 11 is 1.40. The largest absolute Gasteiger partial charge is 0.354 e. The van der Waals surface area contributed by atoms with Gasteiger partial charge in [0.2, 0.25) is 11.8 Å². The molecule has 1 heterocycles. The Hall–Kier alpha value is -2.47. The molecule has 2 aliphatic rings. The van der Waals surface area contributed by atoms with E-state index in [9.17, 15) is 14.4 Å². The summed E-state index contributed by atoms with van der Waals surface area (Å²) in [5, 5.41) is 8.16. The maximum atomic E-state index is 13.2. The second-order valence-electron chi connectivity index (χ2n) is 9.01. The number of aryl methyl sites for hydroxylation is 1. The van der Waals surface area contributed by atoms with Crippen molar-refractivity contribution >= 4 is 28.9 Å². The Balaban J connectivity index is 1.33. The quantitative estimate of drug-likeness (QED) is 0.545. The van der Waals surface area contributed by atoms with Gasteiger partial charge in [0, 0.05) is 25.4 Å². The number of Topliss-reactive ketones (excluding diaryl/α,β-unsaturated/α-hetero) is 1. The van der Waals surface area contributed by atoms with Crippen LogP contribution in [0.15, 0.2) is 41.8 Å². The Labute approximate surface area is 194 Å². The van der Waals surface area contributed by atoms with Crippen LogP contribution in [0.1, 0.15) is 78.1 Å². The number of hydrogen-bond acceptors (Lipinski definition) is 4. The van der Waals surface area contributed by atoms with Crippen molar-refractivity contribution < 1.29 is 14.4 Å². The third kappa shape index (κ3) is 5.66. The third-order valence-corrected chi connectivity index (χ3v) is 7.80. The van der Waals surface area contributed by atoms with Gasteiger partial charge in [-0.1, -0.05) is 49.6 Å².